The first-order valence-corrected chi connectivity index (χ1v) is 12.8. The average Bonchev–Trinajstić information content (AvgIpc) is 2.85. The van der Waals surface area contributed by atoms with Gasteiger partial charge in [0.05, 0.1) is 19.3 Å². The van der Waals surface area contributed by atoms with Crippen molar-refractivity contribution in [1.29, 1.82) is 0 Å². The molecule has 2 aliphatic carbocycles. The van der Waals surface area contributed by atoms with Gasteiger partial charge in [0.15, 0.2) is 6.61 Å². The van der Waals surface area contributed by atoms with Crippen LogP contribution in [0.4, 0.5) is 0 Å². The van der Waals surface area contributed by atoms with Gasteiger partial charge in [0.2, 0.25) is 5.91 Å². The Balaban J connectivity index is 1.39. The van der Waals surface area contributed by atoms with Crippen molar-refractivity contribution in [3.8, 4) is 5.75 Å². The Bertz CT molecular complexity index is 843. The van der Waals surface area contributed by atoms with Crippen LogP contribution in [-0.4, -0.2) is 66.9 Å². The zero-order valence-electron chi connectivity index (χ0n) is 20.7. The maximum atomic E-state index is 13.2. The maximum Gasteiger partial charge on any atom is 0.258 e. The predicted molar refractivity (Wildman–Crippen MR) is 129 cm³/mol. The molecular formula is C27H40N2O5. The third-order valence-corrected chi connectivity index (χ3v) is 8.70. The molecule has 7 heteroatoms. The van der Waals surface area contributed by atoms with Gasteiger partial charge < -0.3 is 24.8 Å². The topological polar surface area (TPSA) is 88.1 Å². The highest BCUT2D eigenvalue weighted by atomic mass is 16.5. The zero-order valence-corrected chi connectivity index (χ0v) is 20.7. The first kappa shape index (κ1) is 25.0. The Labute approximate surface area is 203 Å². The van der Waals surface area contributed by atoms with Gasteiger partial charge in [0.25, 0.3) is 5.91 Å². The lowest BCUT2D eigenvalue weighted by molar-refractivity contribution is -0.154. The van der Waals surface area contributed by atoms with Crippen LogP contribution in [-0.2, 0) is 14.3 Å². The van der Waals surface area contributed by atoms with Crippen LogP contribution < -0.4 is 10.1 Å². The molecule has 4 rings (SSSR count). The maximum absolute atomic E-state index is 13.2. The third kappa shape index (κ3) is 5.25. The number of morpholine rings is 1. The van der Waals surface area contributed by atoms with Crippen molar-refractivity contribution in [2.45, 2.75) is 58.6 Å². The van der Waals surface area contributed by atoms with Crippen LogP contribution in [0.1, 0.15) is 46.5 Å². The lowest BCUT2D eigenvalue weighted by Crippen LogP contribution is -2.59. The van der Waals surface area contributed by atoms with E-state index < -0.39 is 6.10 Å². The molecule has 1 saturated heterocycles. The summed E-state index contributed by atoms with van der Waals surface area (Å²) in [6, 6.07) is 9.32. The van der Waals surface area contributed by atoms with E-state index in [9.17, 15) is 14.7 Å². The minimum absolute atomic E-state index is 0.0106. The monoisotopic (exact) mass is 472 g/mol. The molecule has 1 aromatic carbocycles. The predicted octanol–water partition coefficient (Wildman–Crippen LogP) is 2.87. The van der Waals surface area contributed by atoms with E-state index in [1.54, 1.807) is 0 Å². The van der Waals surface area contributed by atoms with Crippen molar-refractivity contribution in [2.24, 2.45) is 29.1 Å². The molecular weight excluding hydrogens is 432 g/mol. The van der Waals surface area contributed by atoms with Crippen LogP contribution in [0.2, 0.25) is 0 Å². The average molecular weight is 473 g/mol. The van der Waals surface area contributed by atoms with Crippen molar-refractivity contribution in [2.75, 3.05) is 32.9 Å². The first-order chi connectivity index (χ1) is 16.3. The Morgan fingerprint density at radius 3 is 2.59 bits per heavy atom. The number of para-hydroxylation sites is 1. The van der Waals surface area contributed by atoms with E-state index in [0.29, 0.717) is 32.1 Å². The highest BCUT2D eigenvalue weighted by Crippen LogP contribution is 2.55. The Morgan fingerprint density at radius 1 is 1.21 bits per heavy atom. The van der Waals surface area contributed by atoms with Crippen LogP contribution in [0.5, 0.6) is 5.75 Å². The summed E-state index contributed by atoms with van der Waals surface area (Å²) in [7, 11) is 0. The molecule has 3 fully saturated rings. The molecule has 1 aliphatic heterocycles. The number of ether oxygens (including phenoxy) is 2. The van der Waals surface area contributed by atoms with Gasteiger partial charge in [0.1, 0.15) is 5.75 Å². The summed E-state index contributed by atoms with van der Waals surface area (Å²) in [6.45, 7) is 8.79. The van der Waals surface area contributed by atoms with Crippen molar-refractivity contribution in [3.05, 3.63) is 30.3 Å². The van der Waals surface area contributed by atoms with Crippen LogP contribution >= 0.6 is 0 Å². The summed E-state index contributed by atoms with van der Waals surface area (Å²) in [6.07, 6.45) is 3.16. The number of aliphatic hydroxyl groups excluding tert-OH is 1. The molecule has 0 radical (unpaired) electrons. The van der Waals surface area contributed by atoms with Gasteiger partial charge in [-0.05, 0) is 61.0 Å². The fraction of sp³-hybridized carbons (Fsp3) is 0.704. The Kier molecular flexibility index (Phi) is 7.83. The second-order valence-electron chi connectivity index (χ2n) is 10.8. The summed E-state index contributed by atoms with van der Waals surface area (Å²) < 4.78 is 11.0. The van der Waals surface area contributed by atoms with Crippen molar-refractivity contribution >= 4 is 11.8 Å². The van der Waals surface area contributed by atoms with Crippen molar-refractivity contribution in [1.82, 2.24) is 10.2 Å². The van der Waals surface area contributed by atoms with Crippen LogP contribution in [0.25, 0.3) is 0 Å². The summed E-state index contributed by atoms with van der Waals surface area (Å²) in [5.74, 6) is 0.532. The van der Waals surface area contributed by atoms with Gasteiger partial charge in [0, 0.05) is 25.0 Å². The van der Waals surface area contributed by atoms with E-state index in [1.165, 1.54) is 0 Å². The highest BCUT2D eigenvalue weighted by Gasteiger charge is 2.54. The molecule has 0 spiro atoms. The van der Waals surface area contributed by atoms with E-state index in [1.807, 2.05) is 42.2 Å². The van der Waals surface area contributed by atoms with Gasteiger partial charge >= 0.3 is 0 Å². The second-order valence-corrected chi connectivity index (χ2v) is 10.8. The van der Waals surface area contributed by atoms with E-state index in [0.717, 1.165) is 25.7 Å². The number of hydrogen-bond donors (Lipinski definition) is 2. The molecule has 188 valence electrons. The molecule has 2 amide bonds. The molecule has 7 nitrogen and oxygen atoms in total. The molecule has 34 heavy (non-hydrogen) atoms. The molecule has 3 aliphatic rings. The van der Waals surface area contributed by atoms with Crippen LogP contribution in [0.3, 0.4) is 0 Å². The number of aliphatic hydroxyl groups is 1. The van der Waals surface area contributed by atoms with Gasteiger partial charge in [-0.3, -0.25) is 9.59 Å². The van der Waals surface area contributed by atoms with E-state index >= 15 is 0 Å². The molecule has 1 aromatic rings. The first-order valence-electron chi connectivity index (χ1n) is 12.8. The minimum atomic E-state index is -0.561. The van der Waals surface area contributed by atoms with Crippen molar-refractivity contribution < 1.29 is 24.2 Å². The zero-order chi connectivity index (χ0) is 24.3. The lowest BCUT2D eigenvalue weighted by Gasteiger charge is -2.56. The lowest BCUT2D eigenvalue weighted by atomic mass is 9.51. The number of carbonyl (C=O) groups excluding carboxylic acids is 2. The number of rotatable bonds is 6. The molecule has 2 N–H and O–H groups in total. The Morgan fingerprint density at radius 2 is 1.88 bits per heavy atom. The smallest absolute Gasteiger partial charge is 0.258 e. The number of amides is 2. The minimum Gasteiger partial charge on any atom is -0.484 e. The summed E-state index contributed by atoms with van der Waals surface area (Å²) in [5, 5.41) is 14.8. The van der Waals surface area contributed by atoms with Gasteiger partial charge in [-0.15, -0.1) is 0 Å². The van der Waals surface area contributed by atoms with Crippen LogP contribution in [0.15, 0.2) is 30.3 Å². The van der Waals surface area contributed by atoms with Crippen molar-refractivity contribution in [3.63, 3.8) is 0 Å². The number of benzene rings is 1. The third-order valence-electron chi connectivity index (χ3n) is 8.70. The SMILES string of the molecule is CC(C(=O)N1CCOCC1)C1CCC2(C)CCC(NC(=O)COc3ccccc3)C(C)C2C1O. The van der Waals surface area contributed by atoms with Gasteiger partial charge in [-0.2, -0.15) is 0 Å². The molecule has 2 saturated carbocycles. The fourth-order valence-corrected chi connectivity index (χ4v) is 6.67. The van der Waals surface area contributed by atoms with E-state index in [4.69, 9.17) is 9.47 Å². The van der Waals surface area contributed by atoms with E-state index in [2.05, 4.69) is 19.2 Å². The standard InChI is InChI=1S/C27H40N2O5/c1-18(26(32)29-13-15-33-16-14-29)21-9-11-27(3)12-10-22(19(2)24(27)25(21)31)28-23(30)17-34-20-7-5-4-6-8-20/h4-8,18-19,21-22,24-25,31H,9-17H2,1-3H3,(H,28,30). The van der Waals surface area contributed by atoms with Gasteiger partial charge in [-0.25, -0.2) is 0 Å². The summed E-state index contributed by atoms with van der Waals surface area (Å²) in [5.41, 5.74) is 0.0266. The number of carbonyl (C=O) groups is 2. The normalized spacial score (nSPS) is 34.6. The second kappa shape index (κ2) is 10.6. The van der Waals surface area contributed by atoms with Crippen LogP contribution in [0, 0.1) is 29.1 Å². The summed E-state index contributed by atoms with van der Waals surface area (Å²) >= 11 is 0. The summed E-state index contributed by atoms with van der Waals surface area (Å²) in [4.78, 5) is 27.7. The number of nitrogens with zero attached hydrogens (tertiary/aromatic N) is 1. The Hall–Kier alpha value is -2.12. The molecule has 1 heterocycles. The molecule has 7 unspecified atom stereocenters. The molecule has 7 atom stereocenters. The fourth-order valence-electron chi connectivity index (χ4n) is 6.67. The number of hydrogen-bond acceptors (Lipinski definition) is 5. The largest absolute Gasteiger partial charge is 0.484 e. The van der Waals surface area contributed by atoms with E-state index in [-0.39, 0.29) is 53.5 Å². The number of nitrogens with one attached hydrogen (secondary N) is 1. The number of fused-ring (bicyclic) bond motifs is 1. The van der Waals surface area contributed by atoms with Gasteiger partial charge in [-0.1, -0.05) is 39.0 Å². The molecule has 0 bridgehead atoms. The quantitative estimate of drug-likeness (QED) is 0.665. The molecule has 0 aromatic heterocycles. The highest BCUT2D eigenvalue weighted by molar-refractivity contribution is 5.79.